The molecule has 0 unspecified atom stereocenters. The molecule has 5 heteroatoms. The van der Waals surface area contributed by atoms with E-state index in [-0.39, 0.29) is 0 Å². The number of nitrogens with one attached hydrogen (secondary N) is 2. The Morgan fingerprint density at radius 1 is 1.16 bits per heavy atom. The van der Waals surface area contributed by atoms with Crippen LogP contribution in [0.4, 0.5) is 17.3 Å². The van der Waals surface area contributed by atoms with Crippen LogP contribution in [0, 0.1) is 6.92 Å². The fraction of sp³-hybridized carbons (Fsp3) is 0.286. The standard InChI is InChI=1S/C14H17BrN4/c1-3-6-16-13-8-14(18-9-17-13)19-12-7-11(15)5-4-10(12)2/h4-5,7-9H,3,6H2,1-2H3,(H2,16,17,18,19). The average molecular weight is 321 g/mol. The Hall–Kier alpha value is -1.62. The summed E-state index contributed by atoms with van der Waals surface area (Å²) in [4.78, 5) is 8.42. The van der Waals surface area contributed by atoms with E-state index in [1.165, 1.54) is 5.56 Å². The van der Waals surface area contributed by atoms with E-state index in [2.05, 4.69) is 56.4 Å². The lowest BCUT2D eigenvalue weighted by Gasteiger charge is -2.10. The number of aromatic nitrogens is 2. The molecular formula is C14H17BrN4. The number of benzene rings is 1. The van der Waals surface area contributed by atoms with Gasteiger partial charge in [0.25, 0.3) is 0 Å². The Morgan fingerprint density at radius 2 is 1.95 bits per heavy atom. The monoisotopic (exact) mass is 320 g/mol. The number of hydrogen-bond donors (Lipinski definition) is 2. The molecule has 2 rings (SSSR count). The molecule has 1 heterocycles. The van der Waals surface area contributed by atoms with Crippen molar-refractivity contribution in [2.24, 2.45) is 0 Å². The normalized spacial score (nSPS) is 10.3. The fourth-order valence-corrected chi connectivity index (χ4v) is 2.00. The van der Waals surface area contributed by atoms with E-state index in [1.807, 2.05) is 18.2 Å². The maximum Gasteiger partial charge on any atom is 0.135 e. The Labute approximate surface area is 121 Å². The highest BCUT2D eigenvalue weighted by molar-refractivity contribution is 9.10. The zero-order chi connectivity index (χ0) is 13.7. The zero-order valence-electron chi connectivity index (χ0n) is 11.1. The van der Waals surface area contributed by atoms with Gasteiger partial charge >= 0.3 is 0 Å². The van der Waals surface area contributed by atoms with Crippen LogP contribution in [-0.4, -0.2) is 16.5 Å². The lowest BCUT2D eigenvalue weighted by Crippen LogP contribution is -2.03. The van der Waals surface area contributed by atoms with Crippen molar-refractivity contribution in [2.45, 2.75) is 20.3 Å². The fourth-order valence-electron chi connectivity index (χ4n) is 1.64. The van der Waals surface area contributed by atoms with Gasteiger partial charge in [-0.05, 0) is 31.0 Å². The second-order valence-electron chi connectivity index (χ2n) is 4.30. The summed E-state index contributed by atoms with van der Waals surface area (Å²) in [7, 11) is 0. The minimum atomic E-state index is 0.787. The lowest BCUT2D eigenvalue weighted by atomic mass is 10.2. The molecule has 4 nitrogen and oxygen atoms in total. The minimum absolute atomic E-state index is 0.787. The molecule has 0 atom stereocenters. The van der Waals surface area contributed by atoms with Crippen LogP contribution < -0.4 is 10.6 Å². The van der Waals surface area contributed by atoms with Gasteiger partial charge in [0, 0.05) is 22.8 Å². The van der Waals surface area contributed by atoms with Crippen molar-refractivity contribution in [3.05, 3.63) is 40.6 Å². The third-order valence-electron chi connectivity index (χ3n) is 2.69. The molecule has 0 saturated carbocycles. The van der Waals surface area contributed by atoms with Crippen LogP contribution >= 0.6 is 15.9 Å². The summed E-state index contributed by atoms with van der Waals surface area (Å²) in [5, 5.41) is 6.55. The number of nitrogens with zero attached hydrogens (tertiary/aromatic N) is 2. The molecule has 2 N–H and O–H groups in total. The Balaban J connectivity index is 2.16. The lowest BCUT2D eigenvalue weighted by molar-refractivity contribution is 0.965. The molecule has 0 radical (unpaired) electrons. The number of rotatable bonds is 5. The summed E-state index contributed by atoms with van der Waals surface area (Å²) in [6.07, 6.45) is 2.63. The van der Waals surface area contributed by atoms with Gasteiger partial charge in [-0.25, -0.2) is 9.97 Å². The van der Waals surface area contributed by atoms with Gasteiger partial charge in [0.2, 0.25) is 0 Å². The molecule has 0 fully saturated rings. The molecular weight excluding hydrogens is 304 g/mol. The predicted molar refractivity (Wildman–Crippen MR) is 83.0 cm³/mol. The Bertz CT molecular complexity index is 557. The average Bonchev–Trinajstić information content (AvgIpc) is 2.41. The number of anilines is 3. The van der Waals surface area contributed by atoms with Crippen LogP contribution in [0.5, 0.6) is 0 Å². The summed E-state index contributed by atoms with van der Waals surface area (Å²) < 4.78 is 1.04. The van der Waals surface area contributed by atoms with Crippen molar-refractivity contribution in [1.29, 1.82) is 0 Å². The van der Waals surface area contributed by atoms with Gasteiger partial charge < -0.3 is 10.6 Å². The number of halogens is 1. The van der Waals surface area contributed by atoms with E-state index >= 15 is 0 Å². The largest absolute Gasteiger partial charge is 0.370 e. The predicted octanol–water partition coefficient (Wildman–Crippen LogP) is 4.11. The first-order valence-electron chi connectivity index (χ1n) is 6.28. The van der Waals surface area contributed by atoms with Gasteiger partial charge in [0.1, 0.15) is 18.0 Å². The second kappa shape index (κ2) is 6.52. The smallest absolute Gasteiger partial charge is 0.135 e. The summed E-state index contributed by atoms with van der Waals surface area (Å²) in [6, 6.07) is 8.03. The molecule has 2 aromatic rings. The number of aryl methyl sites for hydroxylation is 1. The molecule has 19 heavy (non-hydrogen) atoms. The highest BCUT2D eigenvalue weighted by atomic mass is 79.9. The van der Waals surface area contributed by atoms with Crippen molar-refractivity contribution in [3.8, 4) is 0 Å². The van der Waals surface area contributed by atoms with Gasteiger partial charge in [0.05, 0.1) is 0 Å². The molecule has 0 amide bonds. The van der Waals surface area contributed by atoms with E-state index in [0.29, 0.717) is 0 Å². The van der Waals surface area contributed by atoms with Gasteiger partial charge in [-0.15, -0.1) is 0 Å². The molecule has 1 aromatic carbocycles. The SMILES string of the molecule is CCCNc1cc(Nc2cc(Br)ccc2C)ncn1. The van der Waals surface area contributed by atoms with Crippen LogP contribution in [-0.2, 0) is 0 Å². The Kier molecular flexibility index (Phi) is 4.74. The molecule has 0 bridgehead atoms. The minimum Gasteiger partial charge on any atom is -0.370 e. The first-order valence-corrected chi connectivity index (χ1v) is 7.07. The van der Waals surface area contributed by atoms with E-state index in [9.17, 15) is 0 Å². The summed E-state index contributed by atoms with van der Waals surface area (Å²) >= 11 is 3.47. The molecule has 0 spiro atoms. The van der Waals surface area contributed by atoms with E-state index in [4.69, 9.17) is 0 Å². The van der Waals surface area contributed by atoms with E-state index < -0.39 is 0 Å². The molecule has 1 aromatic heterocycles. The van der Waals surface area contributed by atoms with Crippen molar-refractivity contribution in [2.75, 3.05) is 17.2 Å². The first kappa shape index (κ1) is 13.8. The van der Waals surface area contributed by atoms with Crippen LogP contribution in [0.3, 0.4) is 0 Å². The van der Waals surface area contributed by atoms with Gasteiger partial charge in [-0.2, -0.15) is 0 Å². The summed E-state index contributed by atoms with van der Waals surface area (Å²) in [5.74, 6) is 1.63. The van der Waals surface area contributed by atoms with Crippen LogP contribution in [0.1, 0.15) is 18.9 Å². The molecule has 0 aliphatic rings. The molecule has 0 aliphatic carbocycles. The van der Waals surface area contributed by atoms with E-state index in [1.54, 1.807) is 6.33 Å². The van der Waals surface area contributed by atoms with E-state index in [0.717, 1.165) is 34.8 Å². The first-order chi connectivity index (χ1) is 9.19. The maximum atomic E-state index is 4.24. The zero-order valence-corrected chi connectivity index (χ0v) is 12.7. The molecule has 100 valence electrons. The highest BCUT2D eigenvalue weighted by Gasteiger charge is 2.02. The van der Waals surface area contributed by atoms with Crippen LogP contribution in [0.15, 0.2) is 35.1 Å². The van der Waals surface area contributed by atoms with Crippen molar-refractivity contribution >= 4 is 33.3 Å². The van der Waals surface area contributed by atoms with Crippen molar-refractivity contribution in [3.63, 3.8) is 0 Å². The third kappa shape index (κ3) is 3.92. The second-order valence-corrected chi connectivity index (χ2v) is 5.22. The molecule has 0 aliphatic heterocycles. The highest BCUT2D eigenvalue weighted by Crippen LogP contribution is 2.24. The van der Waals surface area contributed by atoms with Crippen molar-refractivity contribution in [1.82, 2.24) is 9.97 Å². The van der Waals surface area contributed by atoms with Crippen LogP contribution in [0.2, 0.25) is 0 Å². The third-order valence-corrected chi connectivity index (χ3v) is 3.18. The topological polar surface area (TPSA) is 49.8 Å². The summed E-state index contributed by atoms with van der Waals surface area (Å²) in [5.41, 5.74) is 2.21. The van der Waals surface area contributed by atoms with Gasteiger partial charge in [-0.3, -0.25) is 0 Å². The van der Waals surface area contributed by atoms with Crippen molar-refractivity contribution < 1.29 is 0 Å². The van der Waals surface area contributed by atoms with Crippen LogP contribution in [0.25, 0.3) is 0 Å². The Morgan fingerprint density at radius 3 is 2.74 bits per heavy atom. The quantitative estimate of drug-likeness (QED) is 0.870. The van der Waals surface area contributed by atoms with Gasteiger partial charge in [-0.1, -0.05) is 28.9 Å². The van der Waals surface area contributed by atoms with Gasteiger partial charge in [0.15, 0.2) is 0 Å². The number of hydrogen-bond acceptors (Lipinski definition) is 4. The maximum absolute atomic E-state index is 4.24. The molecule has 0 saturated heterocycles. The summed E-state index contributed by atoms with van der Waals surface area (Å²) in [6.45, 7) is 5.09.